The zero-order chi connectivity index (χ0) is 8.97. The van der Waals surface area contributed by atoms with Crippen molar-refractivity contribution in [3.8, 4) is 5.75 Å². The van der Waals surface area contributed by atoms with Gasteiger partial charge in [-0.1, -0.05) is 6.07 Å². The van der Waals surface area contributed by atoms with E-state index in [2.05, 4.69) is 25.2 Å². The molecule has 1 rings (SSSR count). The van der Waals surface area contributed by atoms with E-state index < -0.39 is 0 Å². The molecule has 0 fully saturated rings. The van der Waals surface area contributed by atoms with Crippen LogP contribution in [-0.2, 0) is 0 Å². The van der Waals surface area contributed by atoms with Crippen LogP contribution >= 0.6 is 0 Å². The lowest BCUT2D eigenvalue weighted by atomic mass is 10.2. The van der Waals surface area contributed by atoms with E-state index >= 15 is 0 Å². The molecule has 0 unspecified atom stereocenters. The van der Waals surface area contributed by atoms with Gasteiger partial charge in [-0.3, -0.25) is 0 Å². The topological polar surface area (TPSA) is 21.3 Å². The third-order valence-corrected chi connectivity index (χ3v) is 1.72. The molecular formula is C10H15NO. The number of ether oxygens (including phenoxy) is 1. The molecule has 0 saturated heterocycles. The van der Waals surface area contributed by atoms with Crippen LogP contribution < -0.4 is 10.1 Å². The van der Waals surface area contributed by atoms with Crippen LogP contribution in [0.25, 0.3) is 0 Å². The average Bonchev–Trinajstić information content (AvgIpc) is 2.08. The van der Waals surface area contributed by atoms with Crippen LogP contribution in [-0.4, -0.2) is 13.7 Å². The third kappa shape index (κ3) is 1.91. The van der Waals surface area contributed by atoms with Crippen LogP contribution in [0, 0.1) is 6.92 Å². The van der Waals surface area contributed by atoms with Crippen molar-refractivity contribution >= 4 is 5.69 Å². The first-order chi connectivity index (χ1) is 5.77. The van der Waals surface area contributed by atoms with Gasteiger partial charge >= 0.3 is 0 Å². The molecule has 0 spiro atoms. The zero-order valence-electron chi connectivity index (χ0n) is 7.85. The summed E-state index contributed by atoms with van der Waals surface area (Å²) in [5.74, 6) is 0.914. The molecule has 0 aromatic heterocycles. The van der Waals surface area contributed by atoms with Gasteiger partial charge in [0.25, 0.3) is 0 Å². The number of methoxy groups -OCH3 is 1. The third-order valence-electron chi connectivity index (χ3n) is 1.72. The molecule has 12 heavy (non-hydrogen) atoms. The number of rotatable bonds is 3. The molecule has 0 saturated carbocycles. The Kier molecular flexibility index (Phi) is 2.97. The van der Waals surface area contributed by atoms with Gasteiger partial charge in [0.15, 0.2) is 0 Å². The number of hydrogen-bond acceptors (Lipinski definition) is 2. The van der Waals surface area contributed by atoms with E-state index in [0.29, 0.717) is 0 Å². The fourth-order valence-electron chi connectivity index (χ4n) is 1.13. The van der Waals surface area contributed by atoms with Gasteiger partial charge in [0.05, 0.1) is 12.8 Å². The number of nitrogens with one attached hydrogen (secondary N) is 1. The first kappa shape index (κ1) is 8.91. The Labute approximate surface area is 73.6 Å². The monoisotopic (exact) mass is 165 g/mol. The van der Waals surface area contributed by atoms with Crippen molar-refractivity contribution in [1.29, 1.82) is 0 Å². The summed E-state index contributed by atoms with van der Waals surface area (Å²) < 4.78 is 5.22. The summed E-state index contributed by atoms with van der Waals surface area (Å²) in [6.45, 7) is 5.04. The van der Waals surface area contributed by atoms with Gasteiger partial charge in [0.2, 0.25) is 0 Å². The van der Waals surface area contributed by atoms with E-state index in [9.17, 15) is 0 Å². The van der Waals surface area contributed by atoms with E-state index in [1.807, 2.05) is 12.1 Å². The Hall–Kier alpha value is -1.18. The minimum Gasteiger partial charge on any atom is -0.495 e. The van der Waals surface area contributed by atoms with Crippen molar-refractivity contribution < 1.29 is 4.74 Å². The first-order valence-electron chi connectivity index (χ1n) is 4.16. The Balaban J connectivity index is 2.94. The minimum atomic E-state index is 0.914. The van der Waals surface area contributed by atoms with E-state index in [1.54, 1.807) is 7.11 Å². The van der Waals surface area contributed by atoms with Crippen LogP contribution in [0.2, 0.25) is 0 Å². The smallest absolute Gasteiger partial charge is 0.142 e. The van der Waals surface area contributed by atoms with Gasteiger partial charge < -0.3 is 10.1 Å². The molecule has 1 aromatic carbocycles. The summed E-state index contributed by atoms with van der Waals surface area (Å²) in [4.78, 5) is 0. The average molecular weight is 165 g/mol. The molecule has 0 aliphatic heterocycles. The Morgan fingerprint density at radius 3 is 2.75 bits per heavy atom. The first-order valence-corrected chi connectivity index (χ1v) is 4.16. The maximum atomic E-state index is 5.22. The maximum absolute atomic E-state index is 5.22. The van der Waals surface area contributed by atoms with Crippen LogP contribution in [0.15, 0.2) is 18.2 Å². The van der Waals surface area contributed by atoms with Gasteiger partial charge in [-0.05, 0) is 31.5 Å². The molecule has 0 amide bonds. The highest BCUT2D eigenvalue weighted by atomic mass is 16.5. The lowest BCUT2D eigenvalue weighted by molar-refractivity contribution is 0.416. The largest absolute Gasteiger partial charge is 0.495 e. The van der Waals surface area contributed by atoms with Crippen molar-refractivity contribution in [3.05, 3.63) is 23.8 Å². The van der Waals surface area contributed by atoms with E-state index in [1.165, 1.54) is 5.56 Å². The number of hydrogen-bond donors (Lipinski definition) is 1. The Morgan fingerprint density at radius 2 is 2.17 bits per heavy atom. The summed E-state index contributed by atoms with van der Waals surface area (Å²) >= 11 is 0. The summed E-state index contributed by atoms with van der Waals surface area (Å²) in [6, 6.07) is 6.14. The summed E-state index contributed by atoms with van der Waals surface area (Å²) in [7, 11) is 1.69. The van der Waals surface area contributed by atoms with E-state index in [-0.39, 0.29) is 0 Å². The van der Waals surface area contributed by atoms with Crippen molar-refractivity contribution in [3.63, 3.8) is 0 Å². The van der Waals surface area contributed by atoms with Crippen LogP contribution in [0.1, 0.15) is 12.5 Å². The van der Waals surface area contributed by atoms with Crippen molar-refractivity contribution in [2.75, 3.05) is 19.0 Å². The van der Waals surface area contributed by atoms with Crippen molar-refractivity contribution in [2.24, 2.45) is 0 Å². The fourth-order valence-corrected chi connectivity index (χ4v) is 1.13. The second-order valence-electron chi connectivity index (χ2n) is 2.73. The summed E-state index contributed by atoms with van der Waals surface area (Å²) in [5, 5.41) is 3.23. The highest BCUT2D eigenvalue weighted by Crippen LogP contribution is 2.24. The lowest BCUT2D eigenvalue weighted by Gasteiger charge is -2.09. The van der Waals surface area contributed by atoms with Crippen LogP contribution in [0.5, 0.6) is 5.75 Å². The molecule has 1 aromatic rings. The van der Waals surface area contributed by atoms with E-state index in [0.717, 1.165) is 18.0 Å². The second-order valence-corrected chi connectivity index (χ2v) is 2.73. The molecule has 66 valence electrons. The predicted octanol–water partition coefficient (Wildman–Crippen LogP) is 2.44. The van der Waals surface area contributed by atoms with Crippen molar-refractivity contribution in [1.82, 2.24) is 0 Å². The molecular weight excluding hydrogens is 150 g/mol. The lowest BCUT2D eigenvalue weighted by Crippen LogP contribution is -1.99. The standard InChI is InChI=1S/C10H15NO/c1-4-11-9-6-5-8(2)7-10(9)12-3/h5-7,11H,4H2,1-3H3. The molecule has 0 radical (unpaired) electrons. The normalized spacial score (nSPS) is 9.58. The van der Waals surface area contributed by atoms with Gasteiger partial charge in [-0.25, -0.2) is 0 Å². The molecule has 2 nitrogen and oxygen atoms in total. The highest BCUT2D eigenvalue weighted by molar-refractivity contribution is 5.57. The SMILES string of the molecule is CCNc1ccc(C)cc1OC. The molecule has 0 aliphatic carbocycles. The highest BCUT2D eigenvalue weighted by Gasteiger charge is 1.99. The van der Waals surface area contributed by atoms with Gasteiger partial charge in [0, 0.05) is 6.54 Å². The number of anilines is 1. The molecule has 2 heteroatoms. The second kappa shape index (κ2) is 4.00. The van der Waals surface area contributed by atoms with Gasteiger partial charge in [-0.2, -0.15) is 0 Å². The molecule has 0 bridgehead atoms. The number of aryl methyl sites for hydroxylation is 1. The molecule has 0 atom stereocenters. The summed E-state index contributed by atoms with van der Waals surface area (Å²) in [5.41, 5.74) is 2.28. The predicted molar refractivity (Wildman–Crippen MR) is 51.9 cm³/mol. The molecule has 0 heterocycles. The van der Waals surface area contributed by atoms with E-state index in [4.69, 9.17) is 4.74 Å². The fraction of sp³-hybridized carbons (Fsp3) is 0.400. The quantitative estimate of drug-likeness (QED) is 0.742. The van der Waals surface area contributed by atoms with Gasteiger partial charge in [0.1, 0.15) is 5.75 Å². The zero-order valence-corrected chi connectivity index (χ0v) is 7.85. The number of benzene rings is 1. The van der Waals surface area contributed by atoms with Crippen LogP contribution in [0.3, 0.4) is 0 Å². The minimum absolute atomic E-state index is 0.914. The Morgan fingerprint density at radius 1 is 1.42 bits per heavy atom. The molecule has 0 aliphatic rings. The molecule has 1 N–H and O–H groups in total. The van der Waals surface area contributed by atoms with Crippen molar-refractivity contribution in [2.45, 2.75) is 13.8 Å². The van der Waals surface area contributed by atoms with Crippen LogP contribution in [0.4, 0.5) is 5.69 Å². The maximum Gasteiger partial charge on any atom is 0.142 e. The Bertz CT molecular complexity index is 258. The summed E-state index contributed by atoms with van der Waals surface area (Å²) in [6.07, 6.45) is 0. The van der Waals surface area contributed by atoms with Gasteiger partial charge in [-0.15, -0.1) is 0 Å².